The van der Waals surface area contributed by atoms with Crippen LogP contribution in [0.1, 0.15) is 44.2 Å². The molecule has 0 bridgehead atoms. The number of halogens is 3. The number of amides is 1. The quantitative estimate of drug-likeness (QED) is 0.586. The molecule has 186 valence electrons. The number of nitrogens with zero attached hydrogens (tertiary/aromatic N) is 2. The van der Waals surface area contributed by atoms with Gasteiger partial charge in [0.05, 0.1) is 23.7 Å². The second kappa shape index (κ2) is 10.7. The molecule has 1 saturated heterocycles. The van der Waals surface area contributed by atoms with Crippen LogP contribution in [0.25, 0.3) is 0 Å². The van der Waals surface area contributed by atoms with E-state index < -0.39 is 17.3 Å². The Morgan fingerprint density at radius 1 is 1.15 bits per heavy atom. The molecule has 1 heterocycles. The third-order valence-corrected chi connectivity index (χ3v) is 6.22. The second-order valence-electron chi connectivity index (χ2n) is 9.31. The van der Waals surface area contributed by atoms with Crippen LogP contribution in [-0.2, 0) is 17.4 Å². The van der Waals surface area contributed by atoms with Gasteiger partial charge < -0.3 is 19.6 Å². The fourth-order valence-corrected chi connectivity index (χ4v) is 4.12. The van der Waals surface area contributed by atoms with Crippen LogP contribution in [0.5, 0.6) is 5.75 Å². The molecule has 3 rings (SSSR count). The molecular formula is C26H33F3N2O3. The third kappa shape index (κ3) is 7.13. The summed E-state index contributed by atoms with van der Waals surface area (Å²) in [7, 11) is 1.97. The Labute approximate surface area is 199 Å². The number of aliphatic hydroxyl groups is 1. The first-order valence-electron chi connectivity index (χ1n) is 11.6. The van der Waals surface area contributed by atoms with Gasteiger partial charge >= 0.3 is 6.18 Å². The monoisotopic (exact) mass is 478 g/mol. The Morgan fingerprint density at radius 3 is 2.38 bits per heavy atom. The largest absolute Gasteiger partial charge is 0.491 e. The van der Waals surface area contributed by atoms with Crippen LogP contribution >= 0.6 is 0 Å². The molecule has 0 aromatic heterocycles. The maximum absolute atomic E-state index is 12.9. The van der Waals surface area contributed by atoms with E-state index in [1.54, 1.807) is 4.90 Å². The maximum atomic E-state index is 12.9. The smallest absolute Gasteiger partial charge is 0.416 e. The zero-order chi connectivity index (χ0) is 24.9. The van der Waals surface area contributed by atoms with E-state index in [4.69, 9.17) is 4.74 Å². The highest BCUT2D eigenvalue weighted by atomic mass is 19.4. The zero-order valence-corrected chi connectivity index (χ0v) is 19.9. The fourth-order valence-electron chi connectivity index (χ4n) is 4.12. The number of piperidine rings is 1. The highest BCUT2D eigenvalue weighted by Crippen LogP contribution is 2.30. The van der Waals surface area contributed by atoms with Gasteiger partial charge in [0.1, 0.15) is 5.75 Å². The van der Waals surface area contributed by atoms with Crippen molar-refractivity contribution in [2.24, 2.45) is 0 Å². The number of carbonyl (C=O) groups is 1. The number of rotatable bonds is 8. The number of benzene rings is 2. The van der Waals surface area contributed by atoms with Gasteiger partial charge in [-0.15, -0.1) is 0 Å². The van der Waals surface area contributed by atoms with E-state index in [9.17, 15) is 23.1 Å². The van der Waals surface area contributed by atoms with Gasteiger partial charge in [-0.05, 0) is 69.0 Å². The number of carbonyl (C=O) groups excluding carboxylic acids is 1. The first-order valence-corrected chi connectivity index (χ1v) is 11.6. The molecule has 1 fully saturated rings. The predicted molar refractivity (Wildman–Crippen MR) is 126 cm³/mol. The Hall–Kier alpha value is -2.74. The lowest BCUT2D eigenvalue weighted by molar-refractivity contribution is -0.138. The van der Waals surface area contributed by atoms with Crippen molar-refractivity contribution in [3.8, 4) is 5.75 Å². The predicted octanol–water partition coefficient (Wildman–Crippen LogP) is 4.92. The summed E-state index contributed by atoms with van der Waals surface area (Å²) in [5, 5.41) is 11.0. The van der Waals surface area contributed by atoms with Crippen LogP contribution in [0.15, 0.2) is 48.5 Å². The van der Waals surface area contributed by atoms with Gasteiger partial charge in [0, 0.05) is 32.4 Å². The van der Waals surface area contributed by atoms with Crippen LogP contribution in [0.2, 0.25) is 0 Å². The van der Waals surface area contributed by atoms with Crippen molar-refractivity contribution in [1.29, 1.82) is 0 Å². The van der Waals surface area contributed by atoms with E-state index in [0.717, 1.165) is 23.6 Å². The minimum atomic E-state index is -4.43. The first-order chi connectivity index (χ1) is 15.9. The van der Waals surface area contributed by atoms with E-state index >= 15 is 0 Å². The molecule has 1 N–H and O–H groups in total. The van der Waals surface area contributed by atoms with Gasteiger partial charge in [0.25, 0.3) is 0 Å². The topological polar surface area (TPSA) is 53.0 Å². The highest BCUT2D eigenvalue weighted by Gasteiger charge is 2.34. The van der Waals surface area contributed by atoms with E-state index in [1.165, 1.54) is 12.1 Å². The Morgan fingerprint density at radius 2 is 1.79 bits per heavy atom. The van der Waals surface area contributed by atoms with Gasteiger partial charge in [0.15, 0.2) is 0 Å². The molecule has 1 aliphatic heterocycles. The van der Waals surface area contributed by atoms with Crippen molar-refractivity contribution in [3.63, 3.8) is 0 Å². The van der Waals surface area contributed by atoms with Crippen molar-refractivity contribution in [1.82, 2.24) is 4.90 Å². The SMILES string of the molecule is CC(C)Oc1ccc(N(C)CCC2(O)CCN(C(=O)Cc3cccc(C(F)(F)F)c3)CC2)cc1. The summed E-state index contributed by atoms with van der Waals surface area (Å²) < 4.78 is 44.4. The molecule has 2 aromatic carbocycles. The minimum absolute atomic E-state index is 0.0817. The molecule has 0 aliphatic carbocycles. The molecule has 1 aliphatic rings. The normalized spacial score (nSPS) is 15.9. The molecule has 2 aromatic rings. The van der Waals surface area contributed by atoms with E-state index in [-0.39, 0.29) is 18.4 Å². The lowest BCUT2D eigenvalue weighted by atomic mass is 9.87. The van der Waals surface area contributed by atoms with Gasteiger partial charge in [-0.3, -0.25) is 4.79 Å². The summed E-state index contributed by atoms with van der Waals surface area (Å²) in [6.07, 6.45) is -2.96. The van der Waals surface area contributed by atoms with Crippen molar-refractivity contribution < 1.29 is 27.8 Å². The van der Waals surface area contributed by atoms with Crippen molar-refractivity contribution in [2.75, 3.05) is 31.6 Å². The third-order valence-electron chi connectivity index (χ3n) is 6.22. The standard InChI is InChI=1S/C26H33F3N2O3/c1-19(2)34-23-9-7-22(8-10-23)30(3)14-11-25(33)12-15-31(16-13-25)24(32)18-20-5-4-6-21(17-20)26(27,28)29/h4-10,17,19,33H,11-16,18H2,1-3H3. The molecule has 8 heteroatoms. The van der Waals surface area contributed by atoms with E-state index in [0.29, 0.717) is 44.5 Å². The number of ether oxygens (including phenoxy) is 1. The fraction of sp³-hybridized carbons (Fsp3) is 0.500. The summed E-state index contributed by atoms with van der Waals surface area (Å²) in [4.78, 5) is 16.3. The minimum Gasteiger partial charge on any atom is -0.491 e. The molecule has 1 amide bonds. The summed E-state index contributed by atoms with van der Waals surface area (Å²) in [5.74, 6) is 0.593. The van der Waals surface area contributed by atoms with Crippen molar-refractivity contribution in [2.45, 2.75) is 57.4 Å². The lowest BCUT2D eigenvalue weighted by Gasteiger charge is -2.39. The van der Waals surface area contributed by atoms with Gasteiger partial charge in [-0.2, -0.15) is 13.2 Å². The summed E-state index contributed by atoms with van der Waals surface area (Å²) >= 11 is 0. The van der Waals surface area contributed by atoms with Gasteiger partial charge in [-0.1, -0.05) is 18.2 Å². The number of likely N-dealkylation sites (tertiary alicyclic amines) is 1. The van der Waals surface area contributed by atoms with Gasteiger partial charge in [0.2, 0.25) is 5.91 Å². The highest BCUT2D eigenvalue weighted by molar-refractivity contribution is 5.79. The molecular weight excluding hydrogens is 445 g/mol. The average molecular weight is 479 g/mol. The van der Waals surface area contributed by atoms with Crippen LogP contribution in [0.4, 0.5) is 18.9 Å². The van der Waals surface area contributed by atoms with E-state index in [2.05, 4.69) is 4.90 Å². The Bertz CT molecular complexity index is 953. The van der Waals surface area contributed by atoms with Crippen molar-refractivity contribution in [3.05, 3.63) is 59.7 Å². The van der Waals surface area contributed by atoms with Gasteiger partial charge in [-0.25, -0.2) is 0 Å². The first kappa shape index (κ1) is 25.9. The number of hydrogen-bond acceptors (Lipinski definition) is 4. The lowest BCUT2D eigenvalue weighted by Crippen LogP contribution is -2.48. The number of alkyl halides is 3. The van der Waals surface area contributed by atoms with Crippen LogP contribution in [0.3, 0.4) is 0 Å². The summed E-state index contributed by atoms with van der Waals surface area (Å²) in [6, 6.07) is 12.7. The molecule has 0 atom stereocenters. The van der Waals surface area contributed by atoms with Crippen LogP contribution in [0, 0.1) is 0 Å². The Kier molecular flexibility index (Phi) is 8.13. The molecule has 0 radical (unpaired) electrons. The molecule has 0 unspecified atom stereocenters. The zero-order valence-electron chi connectivity index (χ0n) is 19.9. The van der Waals surface area contributed by atoms with Crippen LogP contribution in [-0.4, -0.2) is 54.3 Å². The molecule has 5 nitrogen and oxygen atoms in total. The van der Waals surface area contributed by atoms with Crippen molar-refractivity contribution >= 4 is 11.6 Å². The average Bonchev–Trinajstić information content (AvgIpc) is 2.78. The number of anilines is 1. The maximum Gasteiger partial charge on any atom is 0.416 e. The number of hydrogen-bond donors (Lipinski definition) is 1. The molecule has 0 saturated carbocycles. The van der Waals surface area contributed by atoms with E-state index in [1.807, 2.05) is 45.2 Å². The van der Waals surface area contributed by atoms with Crippen LogP contribution < -0.4 is 9.64 Å². The molecule has 34 heavy (non-hydrogen) atoms. The summed E-state index contributed by atoms with van der Waals surface area (Å²) in [6.45, 7) is 5.38. The second-order valence-corrected chi connectivity index (χ2v) is 9.31. The summed E-state index contributed by atoms with van der Waals surface area (Å²) in [5.41, 5.74) is -0.264. The molecule has 0 spiro atoms. The Balaban J connectivity index is 1.48.